The van der Waals surface area contributed by atoms with Crippen LogP contribution in [0.15, 0.2) is 6.20 Å². The van der Waals surface area contributed by atoms with E-state index in [1.54, 1.807) is 10.9 Å². The monoisotopic (exact) mass is 225 g/mol. The minimum atomic E-state index is -0.892. The van der Waals surface area contributed by atoms with Gasteiger partial charge in [0, 0.05) is 30.3 Å². The largest absolute Gasteiger partial charge is 0.481 e. The molecule has 0 amide bonds. The lowest BCUT2D eigenvalue weighted by Gasteiger charge is -2.19. The van der Waals surface area contributed by atoms with E-state index in [0.29, 0.717) is 0 Å². The van der Waals surface area contributed by atoms with E-state index in [1.165, 1.54) is 0 Å². The van der Waals surface area contributed by atoms with Crippen LogP contribution in [-0.2, 0) is 17.3 Å². The number of aromatic nitrogens is 2. The van der Waals surface area contributed by atoms with Gasteiger partial charge in [-0.3, -0.25) is 9.48 Å². The third-order valence-corrected chi connectivity index (χ3v) is 2.36. The Morgan fingerprint density at radius 2 is 2.19 bits per heavy atom. The zero-order valence-corrected chi connectivity index (χ0v) is 10.2. The van der Waals surface area contributed by atoms with Gasteiger partial charge in [-0.05, 0) is 0 Å². The maximum absolute atomic E-state index is 10.6. The molecular weight excluding hydrogens is 206 g/mol. The first-order chi connectivity index (χ1) is 7.21. The second-order valence-corrected chi connectivity index (χ2v) is 5.06. The molecule has 5 nitrogen and oxygen atoms in total. The summed E-state index contributed by atoms with van der Waals surface area (Å²) in [6, 6.07) is -0.500. The lowest BCUT2D eigenvalue weighted by Crippen LogP contribution is -2.21. The average Bonchev–Trinajstić information content (AvgIpc) is 2.45. The summed E-state index contributed by atoms with van der Waals surface area (Å²) in [5, 5.41) is 13.1. The summed E-state index contributed by atoms with van der Waals surface area (Å²) in [5.41, 5.74) is 7.42. The first-order valence-corrected chi connectivity index (χ1v) is 5.23. The minimum Gasteiger partial charge on any atom is -0.481 e. The Kier molecular flexibility index (Phi) is 3.38. The van der Waals surface area contributed by atoms with Crippen molar-refractivity contribution in [3.05, 3.63) is 17.5 Å². The van der Waals surface area contributed by atoms with Gasteiger partial charge in [0.05, 0.1) is 12.1 Å². The molecule has 0 saturated carbocycles. The molecule has 0 aromatic carbocycles. The number of hydrogen-bond acceptors (Lipinski definition) is 3. The van der Waals surface area contributed by atoms with Crippen molar-refractivity contribution in [1.29, 1.82) is 0 Å². The Balaban J connectivity index is 3.08. The predicted molar refractivity (Wildman–Crippen MR) is 61.1 cm³/mol. The molecule has 1 heterocycles. The van der Waals surface area contributed by atoms with E-state index < -0.39 is 12.0 Å². The SMILES string of the molecule is Cn1cc([C@H](N)CC(=O)O)c(C(C)(C)C)n1. The second-order valence-electron chi connectivity index (χ2n) is 5.06. The van der Waals surface area contributed by atoms with E-state index >= 15 is 0 Å². The zero-order valence-electron chi connectivity index (χ0n) is 10.2. The number of hydrogen-bond donors (Lipinski definition) is 2. The Morgan fingerprint density at radius 3 is 2.62 bits per heavy atom. The van der Waals surface area contributed by atoms with E-state index in [9.17, 15) is 4.79 Å². The number of aryl methyl sites for hydroxylation is 1. The van der Waals surface area contributed by atoms with Crippen molar-refractivity contribution in [1.82, 2.24) is 9.78 Å². The fourth-order valence-electron chi connectivity index (χ4n) is 1.66. The number of carbonyl (C=O) groups is 1. The summed E-state index contributed by atoms with van der Waals surface area (Å²) in [6.07, 6.45) is 1.73. The van der Waals surface area contributed by atoms with Gasteiger partial charge in [-0.15, -0.1) is 0 Å². The highest BCUT2D eigenvalue weighted by molar-refractivity contribution is 5.68. The molecule has 5 heteroatoms. The number of nitrogens with two attached hydrogens (primary N) is 1. The number of nitrogens with zero attached hydrogens (tertiary/aromatic N) is 2. The van der Waals surface area contributed by atoms with Crippen molar-refractivity contribution < 1.29 is 9.90 Å². The fourth-order valence-corrected chi connectivity index (χ4v) is 1.66. The molecule has 0 aliphatic heterocycles. The molecule has 3 N–H and O–H groups in total. The van der Waals surface area contributed by atoms with Crippen LogP contribution in [0, 0.1) is 0 Å². The summed E-state index contributed by atoms with van der Waals surface area (Å²) in [4.78, 5) is 10.6. The first-order valence-electron chi connectivity index (χ1n) is 5.23. The van der Waals surface area contributed by atoms with Crippen LogP contribution in [0.4, 0.5) is 0 Å². The van der Waals surface area contributed by atoms with Crippen molar-refractivity contribution in [2.45, 2.75) is 38.6 Å². The van der Waals surface area contributed by atoms with E-state index in [1.807, 2.05) is 27.8 Å². The van der Waals surface area contributed by atoms with Gasteiger partial charge in [-0.1, -0.05) is 20.8 Å². The van der Waals surface area contributed by atoms with Crippen molar-refractivity contribution in [3.8, 4) is 0 Å². The molecule has 1 atom stereocenters. The summed E-state index contributed by atoms with van der Waals surface area (Å²) in [5.74, 6) is -0.892. The summed E-state index contributed by atoms with van der Waals surface area (Å²) < 4.78 is 1.68. The lowest BCUT2D eigenvalue weighted by molar-refractivity contribution is -0.137. The molecule has 90 valence electrons. The normalized spacial score (nSPS) is 13.8. The van der Waals surface area contributed by atoms with Crippen molar-refractivity contribution in [2.24, 2.45) is 12.8 Å². The van der Waals surface area contributed by atoms with E-state index in [4.69, 9.17) is 10.8 Å². The third kappa shape index (κ3) is 2.82. The Bertz CT molecular complexity index is 390. The van der Waals surface area contributed by atoms with Gasteiger partial charge in [-0.25, -0.2) is 0 Å². The quantitative estimate of drug-likeness (QED) is 0.809. The first kappa shape index (κ1) is 12.7. The Labute approximate surface area is 95.3 Å². The van der Waals surface area contributed by atoms with Gasteiger partial charge < -0.3 is 10.8 Å². The fraction of sp³-hybridized carbons (Fsp3) is 0.636. The number of rotatable bonds is 3. The molecule has 0 bridgehead atoms. The van der Waals surface area contributed by atoms with E-state index in [2.05, 4.69) is 5.10 Å². The topological polar surface area (TPSA) is 81.1 Å². The molecule has 1 aromatic rings. The van der Waals surface area contributed by atoms with Gasteiger partial charge in [0.15, 0.2) is 0 Å². The molecule has 1 rings (SSSR count). The highest BCUT2D eigenvalue weighted by atomic mass is 16.4. The minimum absolute atomic E-state index is 0.0746. The highest BCUT2D eigenvalue weighted by Gasteiger charge is 2.25. The predicted octanol–water partition coefficient (Wildman–Crippen LogP) is 1.19. The molecule has 0 unspecified atom stereocenters. The Hall–Kier alpha value is -1.36. The molecule has 0 spiro atoms. The number of carboxylic acid groups (broad SMARTS) is 1. The van der Waals surface area contributed by atoms with Gasteiger partial charge in [0.1, 0.15) is 0 Å². The van der Waals surface area contributed by atoms with Crippen LogP contribution in [0.25, 0.3) is 0 Å². The molecule has 1 aromatic heterocycles. The van der Waals surface area contributed by atoms with Crippen LogP contribution in [0.5, 0.6) is 0 Å². The molecule has 0 fully saturated rings. The molecule has 0 aliphatic carbocycles. The van der Waals surface area contributed by atoms with Crippen LogP contribution in [0.1, 0.15) is 44.5 Å². The average molecular weight is 225 g/mol. The lowest BCUT2D eigenvalue weighted by atomic mass is 9.87. The molecule has 0 aliphatic rings. The van der Waals surface area contributed by atoms with Crippen molar-refractivity contribution >= 4 is 5.97 Å². The second kappa shape index (κ2) is 4.25. The van der Waals surface area contributed by atoms with Crippen molar-refractivity contribution in [3.63, 3.8) is 0 Å². The van der Waals surface area contributed by atoms with Crippen LogP contribution in [-0.4, -0.2) is 20.9 Å². The smallest absolute Gasteiger partial charge is 0.305 e. The van der Waals surface area contributed by atoms with Crippen LogP contribution < -0.4 is 5.73 Å². The molecule has 0 saturated heterocycles. The van der Waals surface area contributed by atoms with Crippen LogP contribution in [0.3, 0.4) is 0 Å². The zero-order chi connectivity index (χ0) is 12.5. The van der Waals surface area contributed by atoms with Gasteiger partial charge in [-0.2, -0.15) is 5.10 Å². The summed E-state index contributed by atoms with van der Waals surface area (Å²) in [7, 11) is 1.81. The molecular formula is C11H19N3O2. The van der Waals surface area contributed by atoms with Crippen molar-refractivity contribution in [2.75, 3.05) is 0 Å². The number of carboxylic acids is 1. The maximum atomic E-state index is 10.6. The Morgan fingerprint density at radius 1 is 1.62 bits per heavy atom. The van der Waals surface area contributed by atoms with Gasteiger partial charge in [0.2, 0.25) is 0 Å². The number of aliphatic carboxylic acids is 1. The third-order valence-electron chi connectivity index (χ3n) is 2.36. The van der Waals surface area contributed by atoms with Crippen LogP contribution >= 0.6 is 0 Å². The highest BCUT2D eigenvalue weighted by Crippen LogP contribution is 2.28. The summed E-state index contributed by atoms with van der Waals surface area (Å²) in [6.45, 7) is 6.10. The molecule has 0 radical (unpaired) electrons. The molecule has 16 heavy (non-hydrogen) atoms. The maximum Gasteiger partial charge on any atom is 0.305 e. The van der Waals surface area contributed by atoms with E-state index in [0.717, 1.165) is 11.3 Å². The van der Waals surface area contributed by atoms with Gasteiger partial charge >= 0.3 is 5.97 Å². The summed E-state index contributed by atoms with van der Waals surface area (Å²) >= 11 is 0. The standard InChI is InChI=1S/C11H19N3O2/c1-11(2,3)10-7(6-14(4)13-10)8(12)5-9(15)16/h6,8H,5,12H2,1-4H3,(H,15,16)/t8-/m1/s1. The van der Waals surface area contributed by atoms with E-state index in [-0.39, 0.29) is 11.8 Å². The van der Waals surface area contributed by atoms with Crippen LogP contribution in [0.2, 0.25) is 0 Å². The van der Waals surface area contributed by atoms with Gasteiger partial charge in [0.25, 0.3) is 0 Å².